The average Bonchev–Trinajstić information content (AvgIpc) is 2.65. The van der Waals surface area contributed by atoms with E-state index in [0.29, 0.717) is 4.90 Å². The molecule has 0 saturated carbocycles. The molecule has 0 heterocycles. The third kappa shape index (κ3) is 5.57. The van der Waals surface area contributed by atoms with Crippen molar-refractivity contribution in [1.82, 2.24) is 4.90 Å². The molecule has 0 amide bonds. The molecule has 0 aromatic carbocycles. The zero-order chi connectivity index (χ0) is 29.4. The van der Waals surface area contributed by atoms with E-state index in [9.17, 15) is 79.7 Å². The van der Waals surface area contributed by atoms with Gasteiger partial charge < -0.3 is 15.3 Å². The highest BCUT2D eigenvalue weighted by atomic mass is 19.4. The van der Waals surface area contributed by atoms with Crippen LogP contribution in [0, 0.1) is 0 Å². The van der Waals surface area contributed by atoms with Crippen molar-refractivity contribution in [2.75, 3.05) is 32.8 Å². The Morgan fingerprint density at radius 2 is 0.806 bits per heavy atom. The molecule has 0 aromatic rings. The van der Waals surface area contributed by atoms with Gasteiger partial charge >= 0.3 is 47.6 Å². The van der Waals surface area contributed by atoms with Gasteiger partial charge in [-0.25, -0.2) is 0 Å². The van der Waals surface area contributed by atoms with E-state index in [2.05, 4.69) is 0 Å². The van der Waals surface area contributed by atoms with Crippen LogP contribution >= 0.6 is 0 Å². The first-order chi connectivity index (χ1) is 15.6. The van der Waals surface area contributed by atoms with Gasteiger partial charge in [-0.05, 0) is 0 Å². The van der Waals surface area contributed by atoms with Crippen LogP contribution in [0.5, 0.6) is 0 Å². The predicted octanol–water partition coefficient (Wildman–Crippen LogP) is 4.03. The summed E-state index contributed by atoms with van der Waals surface area (Å²) < 4.78 is 224. The van der Waals surface area contributed by atoms with Crippen LogP contribution in [0.15, 0.2) is 0 Å². The van der Waals surface area contributed by atoms with Crippen molar-refractivity contribution in [2.24, 2.45) is 0 Å². The van der Waals surface area contributed by atoms with Gasteiger partial charge in [0, 0.05) is 26.1 Å². The van der Waals surface area contributed by atoms with Crippen LogP contribution in [0.2, 0.25) is 0 Å². The third-order valence-electron chi connectivity index (χ3n) is 4.58. The maximum Gasteiger partial charge on any atom is 0.460 e. The Morgan fingerprint density at radius 3 is 1.11 bits per heavy atom. The number of hydrogen-bond acceptors (Lipinski definition) is 4. The van der Waals surface area contributed by atoms with E-state index in [1.54, 1.807) is 0 Å². The number of rotatable bonds is 14. The Kier molecular flexibility index (Phi) is 10.0. The van der Waals surface area contributed by atoms with Crippen molar-refractivity contribution in [3.05, 3.63) is 0 Å². The van der Waals surface area contributed by atoms with Crippen LogP contribution in [0.25, 0.3) is 0 Å². The van der Waals surface area contributed by atoms with Crippen molar-refractivity contribution < 1.29 is 90.0 Å². The minimum absolute atomic E-state index is 0.581. The lowest BCUT2D eigenvalue weighted by molar-refractivity contribution is -0.462. The minimum atomic E-state index is -8.71. The van der Waals surface area contributed by atoms with Gasteiger partial charge in [0.25, 0.3) is 0 Å². The van der Waals surface area contributed by atoms with Crippen molar-refractivity contribution in [3.8, 4) is 0 Å². The second-order valence-corrected chi connectivity index (χ2v) is 7.25. The van der Waals surface area contributed by atoms with Gasteiger partial charge in [0.15, 0.2) is 0 Å². The van der Waals surface area contributed by atoms with E-state index in [-0.39, 0.29) is 0 Å². The zero-order valence-corrected chi connectivity index (χ0v) is 17.0. The molecule has 4 nitrogen and oxygen atoms in total. The van der Waals surface area contributed by atoms with Gasteiger partial charge in [-0.3, -0.25) is 4.90 Å². The molecule has 0 spiro atoms. The topological polar surface area (TPSA) is 63.9 Å². The maximum atomic E-state index is 13.8. The molecule has 0 radical (unpaired) electrons. The van der Waals surface area contributed by atoms with E-state index in [4.69, 9.17) is 10.2 Å². The van der Waals surface area contributed by atoms with E-state index < -0.39 is 93.0 Å². The predicted molar refractivity (Wildman–Crippen MR) is 81.9 cm³/mol. The molecule has 0 rings (SSSR count). The van der Waals surface area contributed by atoms with Crippen molar-refractivity contribution in [2.45, 2.75) is 60.2 Å². The van der Waals surface area contributed by atoms with Gasteiger partial charge in [-0.1, -0.05) is 0 Å². The van der Waals surface area contributed by atoms with Crippen molar-refractivity contribution in [1.29, 1.82) is 0 Å². The normalized spacial score (nSPS) is 16.6. The van der Waals surface area contributed by atoms with Crippen molar-refractivity contribution >= 4 is 0 Å². The monoisotopic (exact) mass is 581 g/mol. The maximum absolute atomic E-state index is 13.8. The fourth-order valence-electron chi connectivity index (χ4n) is 2.56. The van der Waals surface area contributed by atoms with Gasteiger partial charge in [0.05, 0.1) is 19.3 Å². The molecule has 3 N–H and O–H groups in total. The molecule has 0 saturated heterocycles. The molecule has 1 unspecified atom stereocenters. The molecule has 218 valence electrons. The number of hydrogen-bond donors (Lipinski definition) is 3. The molecule has 0 aliphatic carbocycles. The Morgan fingerprint density at radius 1 is 0.500 bits per heavy atom. The highest BCUT2D eigenvalue weighted by molar-refractivity contribution is 5.15. The summed E-state index contributed by atoms with van der Waals surface area (Å²) in [4.78, 5) is 0.625. The van der Waals surface area contributed by atoms with Gasteiger partial charge in [-0.2, -0.15) is 74.6 Å². The number of aliphatic hydroxyl groups excluding tert-OH is 3. The minimum Gasteiger partial charge on any atom is -0.395 e. The molecule has 36 heavy (non-hydrogen) atoms. The standard InChI is InChI=1S/C15H16F17NO3/c16-8(17,5-7(36)6-33(1-3-34)2-4-35)9(18,19)10(20,21)11(22,23)12(24,25)13(26,27)14(28,29)15(30,31)32/h7,34-36H,1-6H2. The first-order valence-electron chi connectivity index (χ1n) is 8.97. The van der Waals surface area contributed by atoms with E-state index in [1.165, 1.54) is 0 Å². The van der Waals surface area contributed by atoms with E-state index >= 15 is 0 Å². The second kappa shape index (κ2) is 10.4. The van der Waals surface area contributed by atoms with Crippen LogP contribution in [0.4, 0.5) is 74.6 Å². The van der Waals surface area contributed by atoms with Crippen LogP contribution in [0.3, 0.4) is 0 Å². The molecular formula is C15H16F17NO3. The smallest absolute Gasteiger partial charge is 0.395 e. The molecule has 21 heteroatoms. The number of nitrogens with zero attached hydrogens (tertiary/aromatic N) is 1. The zero-order valence-electron chi connectivity index (χ0n) is 17.0. The van der Waals surface area contributed by atoms with Crippen LogP contribution in [0.1, 0.15) is 6.42 Å². The molecule has 0 aliphatic heterocycles. The Balaban J connectivity index is 6.36. The lowest BCUT2D eigenvalue weighted by Gasteiger charge is -2.43. The van der Waals surface area contributed by atoms with Gasteiger partial charge in [0.2, 0.25) is 0 Å². The SMILES string of the molecule is OCCN(CCO)CC(O)CC(F)(F)C(F)(F)C(F)(F)C(F)(F)C(F)(F)C(F)(F)C(F)(F)C(F)(F)F. The van der Waals surface area contributed by atoms with E-state index in [0.717, 1.165) is 0 Å². The number of halogens is 17. The highest BCUT2D eigenvalue weighted by Gasteiger charge is 2.95. The summed E-state index contributed by atoms with van der Waals surface area (Å²) in [6.45, 7) is -4.09. The summed E-state index contributed by atoms with van der Waals surface area (Å²) in [5, 5.41) is 26.7. The summed E-state index contributed by atoms with van der Waals surface area (Å²) in [5.41, 5.74) is 0. The molecule has 0 aliphatic rings. The van der Waals surface area contributed by atoms with Crippen LogP contribution in [-0.2, 0) is 0 Å². The number of aliphatic hydroxyl groups is 3. The first kappa shape index (κ1) is 34.6. The lowest BCUT2D eigenvalue weighted by atomic mass is 9.87. The first-order valence-corrected chi connectivity index (χ1v) is 8.97. The Labute approximate surface area is 189 Å². The molecule has 0 bridgehead atoms. The van der Waals surface area contributed by atoms with Crippen LogP contribution < -0.4 is 0 Å². The second-order valence-electron chi connectivity index (χ2n) is 7.25. The summed E-state index contributed by atoms with van der Waals surface area (Å²) >= 11 is 0. The van der Waals surface area contributed by atoms with Crippen molar-refractivity contribution in [3.63, 3.8) is 0 Å². The van der Waals surface area contributed by atoms with Crippen LogP contribution in [-0.4, -0.2) is 107 Å². The molecule has 0 fully saturated rings. The fraction of sp³-hybridized carbons (Fsp3) is 1.00. The average molecular weight is 581 g/mol. The molecule has 0 aromatic heterocycles. The Hall–Kier alpha value is -1.35. The molecule has 1 atom stereocenters. The molecular weight excluding hydrogens is 565 g/mol. The largest absolute Gasteiger partial charge is 0.460 e. The Bertz CT molecular complexity index is 719. The summed E-state index contributed by atoms with van der Waals surface area (Å²) in [6.07, 6.45) is -13.8. The van der Waals surface area contributed by atoms with Gasteiger partial charge in [0.1, 0.15) is 0 Å². The van der Waals surface area contributed by atoms with E-state index in [1.807, 2.05) is 0 Å². The lowest BCUT2D eigenvalue weighted by Crippen LogP contribution is -2.74. The van der Waals surface area contributed by atoms with Gasteiger partial charge in [-0.15, -0.1) is 0 Å². The highest BCUT2D eigenvalue weighted by Crippen LogP contribution is 2.64. The fourth-order valence-corrected chi connectivity index (χ4v) is 2.56. The summed E-state index contributed by atoms with van der Waals surface area (Å²) in [6, 6.07) is 0. The summed E-state index contributed by atoms with van der Waals surface area (Å²) in [7, 11) is 0. The third-order valence-corrected chi connectivity index (χ3v) is 4.58. The quantitative estimate of drug-likeness (QED) is 0.272. The number of alkyl halides is 17. The summed E-state index contributed by atoms with van der Waals surface area (Å²) in [5.74, 6) is -57.2.